The maximum Gasteiger partial charge on any atom is -0.0443 e. The van der Waals surface area contributed by atoms with Gasteiger partial charge in [-0.15, -0.1) is 0 Å². The molecule has 0 unspecified atom stereocenters. The van der Waals surface area contributed by atoms with Crippen LogP contribution in [0.1, 0.15) is 162 Å². The highest BCUT2D eigenvalue weighted by molar-refractivity contribution is 4.59. The zero-order valence-electron chi connectivity index (χ0n) is 19.1. The van der Waals surface area contributed by atoms with Gasteiger partial charge in [0.15, 0.2) is 0 Å². The molecule has 3 saturated carbocycles. The zero-order chi connectivity index (χ0) is 19.1. The van der Waals surface area contributed by atoms with Crippen LogP contribution in [0.2, 0.25) is 0 Å². The summed E-state index contributed by atoms with van der Waals surface area (Å²) in [5, 5.41) is 0. The lowest BCUT2D eigenvalue weighted by atomic mass is 9.91. The molecule has 0 heteroatoms. The van der Waals surface area contributed by atoms with Gasteiger partial charge in [0.05, 0.1) is 0 Å². The van der Waals surface area contributed by atoms with Crippen LogP contribution < -0.4 is 0 Å². The van der Waals surface area contributed by atoms with Crippen molar-refractivity contribution in [1.29, 1.82) is 0 Å². The first-order valence-electron chi connectivity index (χ1n) is 12.8. The summed E-state index contributed by atoms with van der Waals surface area (Å²) in [6.45, 7) is 6.85. The van der Waals surface area contributed by atoms with Crippen LogP contribution in [0.3, 0.4) is 0 Å². The van der Waals surface area contributed by atoms with Crippen molar-refractivity contribution in [3.63, 3.8) is 0 Å². The van der Waals surface area contributed by atoms with Gasteiger partial charge < -0.3 is 0 Å². The Kier molecular flexibility index (Phi) is 23.0. The van der Waals surface area contributed by atoms with Gasteiger partial charge in [-0.2, -0.15) is 0 Å². The molecule has 0 saturated heterocycles. The highest BCUT2D eigenvalue weighted by atomic mass is 14.1. The van der Waals surface area contributed by atoms with Gasteiger partial charge in [0.1, 0.15) is 0 Å². The summed E-state index contributed by atoms with van der Waals surface area (Å²) in [5.74, 6) is 1.04. The Balaban J connectivity index is 0.000000321. The smallest absolute Gasteiger partial charge is 0.0443 e. The fourth-order valence-electron chi connectivity index (χ4n) is 4.10. The van der Waals surface area contributed by atoms with Gasteiger partial charge in [-0.25, -0.2) is 0 Å². The van der Waals surface area contributed by atoms with Gasteiger partial charge in [-0.3, -0.25) is 0 Å². The number of rotatable bonds is 4. The van der Waals surface area contributed by atoms with Crippen LogP contribution in [-0.4, -0.2) is 0 Å². The second kappa shape index (κ2) is 23.0. The van der Waals surface area contributed by atoms with Crippen molar-refractivity contribution in [3.8, 4) is 0 Å². The summed E-state index contributed by atoms with van der Waals surface area (Å²) < 4.78 is 0. The SMILES string of the molecule is C1CCCCC1.C1CCCCC1.CC1CCCCC1.CCCCCCC. The van der Waals surface area contributed by atoms with E-state index in [4.69, 9.17) is 0 Å². The molecule has 0 radical (unpaired) electrons. The van der Waals surface area contributed by atoms with Gasteiger partial charge in [0.2, 0.25) is 0 Å². The molecule has 0 bridgehead atoms. The minimum Gasteiger partial charge on any atom is -0.0654 e. The molecule has 0 amide bonds. The highest BCUT2D eigenvalue weighted by Crippen LogP contribution is 2.22. The molecule has 0 nitrogen and oxygen atoms in total. The van der Waals surface area contributed by atoms with Crippen molar-refractivity contribution >= 4 is 0 Å². The minimum atomic E-state index is 1.04. The lowest BCUT2D eigenvalue weighted by Gasteiger charge is -2.15. The topological polar surface area (TPSA) is 0 Å². The highest BCUT2D eigenvalue weighted by Gasteiger charge is 2.06. The van der Waals surface area contributed by atoms with Crippen molar-refractivity contribution in [2.45, 2.75) is 162 Å². The lowest BCUT2D eigenvalue weighted by Crippen LogP contribution is -1.99. The van der Waals surface area contributed by atoms with E-state index in [1.165, 1.54) is 141 Å². The third kappa shape index (κ3) is 22.0. The van der Waals surface area contributed by atoms with Gasteiger partial charge in [0.25, 0.3) is 0 Å². The zero-order valence-corrected chi connectivity index (χ0v) is 19.1. The van der Waals surface area contributed by atoms with E-state index in [0.717, 1.165) is 5.92 Å². The van der Waals surface area contributed by atoms with Crippen molar-refractivity contribution in [1.82, 2.24) is 0 Å². The first kappa shape index (κ1) is 26.0. The Labute approximate surface area is 168 Å². The summed E-state index contributed by atoms with van der Waals surface area (Å²) in [6, 6.07) is 0. The standard InChI is InChI=1S/C7H14.C7H16.2C6H12/c1-7-5-3-2-4-6-7;1-3-5-7-6-4-2;2*1-2-4-6-5-3-1/h7H,2-6H2,1H3;3-7H2,1-2H3;2*1-6H2. The molecule has 0 aliphatic heterocycles. The molecule has 0 aromatic carbocycles. The van der Waals surface area contributed by atoms with Crippen LogP contribution >= 0.6 is 0 Å². The summed E-state index contributed by atoms with van der Waals surface area (Å²) in [6.07, 6.45) is 32.4. The predicted molar refractivity (Wildman–Crippen MR) is 122 cm³/mol. The van der Waals surface area contributed by atoms with Gasteiger partial charge >= 0.3 is 0 Å². The number of hydrogen-bond donors (Lipinski definition) is 0. The van der Waals surface area contributed by atoms with E-state index >= 15 is 0 Å². The Hall–Kier alpha value is 0. The molecular weight excluding hydrogens is 312 g/mol. The van der Waals surface area contributed by atoms with Gasteiger partial charge in [-0.05, 0) is 5.92 Å². The monoisotopic (exact) mass is 366 g/mol. The lowest BCUT2D eigenvalue weighted by molar-refractivity contribution is 0.385. The minimum absolute atomic E-state index is 1.04. The molecule has 0 heterocycles. The largest absolute Gasteiger partial charge is 0.0654 e. The third-order valence-corrected chi connectivity index (χ3v) is 6.10. The molecule has 3 aliphatic rings. The molecule has 3 fully saturated rings. The quantitative estimate of drug-likeness (QED) is 0.434. The Morgan fingerprint density at radius 2 is 0.692 bits per heavy atom. The van der Waals surface area contributed by atoms with Crippen LogP contribution in [0, 0.1) is 5.92 Å². The average Bonchev–Trinajstić information content (AvgIpc) is 2.73. The van der Waals surface area contributed by atoms with Gasteiger partial charge in [-0.1, -0.05) is 162 Å². The van der Waals surface area contributed by atoms with Crippen LogP contribution in [0.5, 0.6) is 0 Å². The molecule has 0 aromatic rings. The molecule has 0 spiro atoms. The molecule has 0 N–H and O–H groups in total. The molecule has 3 aliphatic carbocycles. The van der Waals surface area contributed by atoms with E-state index in [-0.39, 0.29) is 0 Å². The molecule has 0 atom stereocenters. The Bertz CT molecular complexity index is 179. The van der Waals surface area contributed by atoms with Gasteiger partial charge in [0, 0.05) is 0 Å². The van der Waals surface area contributed by atoms with Crippen molar-refractivity contribution in [2.24, 2.45) is 5.92 Å². The van der Waals surface area contributed by atoms with Crippen molar-refractivity contribution in [2.75, 3.05) is 0 Å². The van der Waals surface area contributed by atoms with Crippen LogP contribution in [0.4, 0.5) is 0 Å². The first-order chi connectivity index (χ1) is 12.8. The predicted octanol–water partition coefficient (Wildman–Crippen LogP) is 10.2. The normalized spacial score (nSPS) is 20.4. The van der Waals surface area contributed by atoms with Crippen LogP contribution in [0.25, 0.3) is 0 Å². The van der Waals surface area contributed by atoms with E-state index in [1.54, 1.807) is 0 Å². The molecule has 158 valence electrons. The molecule has 26 heavy (non-hydrogen) atoms. The molecular formula is C26H54. The summed E-state index contributed by atoms with van der Waals surface area (Å²) in [7, 11) is 0. The number of unbranched alkanes of at least 4 members (excludes halogenated alkanes) is 4. The van der Waals surface area contributed by atoms with E-state index < -0.39 is 0 Å². The average molecular weight is 367 g/mol. The Morgan fingerprint density at radius 3 is 0.885 bits per heavy atom. The fraction of sp³-hybridized carbons (Fsp3) is 1.00. The summed E-state index contributed by atoms with van der Waals surface area (Å²) in [4.78, 5) is 0. The van der Waals surface area contributed by atoms with E-state index in [1.807, 2.05) is 0 Å². The van der Waals surface area contributed by atoms with Crippen LogP contribution in [0.15, 0.2) is 0 Å². The second-order valence-corrected chi connectivity index (χ2v) is 9.05. The van der Waals surface area contributed by atoms with E-state index in [0.29, 0.717) is 0 Å². The maximum absolute atomic E-state index is 2.36. The van der Waals surface area contributed by atoms with Crippen molar-refractivity contribution in [3.05, 3.63) is 0 Å². The van der Waals surface area contributed by atoms with Crippen molar-refractivity contribution < 1.29 is 0 Å². The second-order valence-electron chi connectivity index (χ2n) is 9.05. The number of hydrogen-bond acceptors (Lipinski definition) is 0. The molecule has 3 rings (SSSR count). The first-order valence-corrected chi connectivity index (χ1v) is 12.8. The Morgan fingerprint density at radius 1 is 0.423 bits per heavy atom. The fourth-order valence-corrected chi connectivity index (χ4v) is 4.10. The third-order valence-electron chi connectivity index (χ3n) is 6.10. The van der Waals surface area contributed by atoms with Crippen LogP contribution in [-0.2, 0) is 0 Å². The maximum atomic E-state index is 2.36. The summed E-state index contributed by atoms with van der Waals surface area (Å²) >= 11 is 0. The molecule has 0 aromatic heterocycles. The summed E-state index contributed by atoms with van der Waals surface area (Å²) in [5.41, 5.74) is 0. The van der Waals surface area contributed by atoms with E-state index in [9.17, 15) is 0 Å². The van der Waals surface area contributed by atoms with E-state index in [2.05, 4.69) is 20.8 Å².